The van der Waals surface area contributed by atoms with Crippen molar-refractivity contribution in [3.05, 3.63) is 46.0 Å². The molecule has 0 aromatic carbocycles. The lowest BCUT2D eigenvalue weighted by Crippen LogP contribution is -2.26. The molecule has 2 atom stereocenters. The predicted molar refractivity (Wildman–Crippen MR) is 70.3 cm³/mol. The molecule has 0 fully saturated rings. The first-order valence-corrected chi connectivity index (χ1v) is 7.08. The largest absolute Gasteiger partial charge is 0.469 e. The Balaban J connectivity index is 1.75. The summed E-state index contributed by atoms with van der Waals surface area (Å²) in [6.45, 7) is 2.24. The molecule has 2 unspecified atom stereocenters. The summed E-state index contributed by atoms with van der Waals surface area (Å²) in [7, 11) is 0. The fraction of sp³-hybridized carbons (Fsp3) is 0.429. The first-order valence-electron chi connectivity index (χ1n) is 6.20. The number of thiophene rings is 1. The Bertz CT molecular complexity index is 474. The van der Waals surface area contributed by atoms with Crippen molar-refractivity contribution in [2.24, 2.45) is 0 Å². The number of fused-ring (bicyclic) bond motifs is 1. The van der Waals surface area contributed by atoms with E-state index in [1.54, 1.807) is 0 Å². The van der Waals surface area contributed by atoms with Gasteiger partial charge in [-0.2, -0.15) is 0 Å². The Labute approximate surface area is 106 Å². The van der Waals surface area contributed by atoms with Crippen LogP contribution in [0.25, 0.3) is 0 Å². The van der Waals surface area contributed by atoms with E-state index in [1.807, 2.05) is 17.6 Å². The van der Waals surface area contributed by atoms with Crippen molar-refractivity contribution >= 4 is 11.3 Å². The van der Waals surface area contributed by atoms with E-state index in [9.17, 15) is 0 Å². The highest BCUT2D eigenvalue weighted by molar-refractivity contribution is 7.10. The molecule has 17 heavy (non-hydrogen) atoms. The minimum atomic E-state index is 0.417. The summed E-state index contributed by atoms with van der Waals surface area (Å²) in [5.74, 6) is 1.17. The zero-order valence-electron chi connectivity index (χ0n) is 9.98. The molecule has 2 aromatic rings. The van der Waals surface area contributed by atoms with E-state index in [4.69, 9.17) is 4.42 Å². The molecule has 3 heteroatoms. The van der Waals surface area contributed by atoms with E-state index in [-0.39, 0.29) is 0 Å². The third-order valence-corrected chi connectivity index (χ3v) is 4.53. The second kappa shape index (κ2) is 4.67. The number of aryl methyl sites for hydroxylation is 1. The van der Waals surface area contributed by atoms with Crippen LogP contribution in [-0.4, -0.2) is 0 Å². The van der Waals surface area contributed by atoms with Crippen LogP contribution in [0.3, 0.4) is 0 Å². The maximum absolute atomic E-state index is 5.52. The van der Waals surface area contributed by atoms with Gasteiger partial charge in [0.1, 0.15) is 5.76 Å². The number of hydrogen-bond donors (Lipinski definition) is 1. The van der Waals surface area contributed by atoms with Crippen LogP contribution in [0.5, 0.6) is 0 Å². The van der Waals surface area contributed by atoms with Gasteiger partial charge in [-0.1, -0.05) is 6.07 Å². The van der Waals surface area contributed by atoms with Crippen LogP contribution < -0.4 is 5.32 Å². The SMILES string of the molecule is CC(NC1CCCc2occc21)c1cccs1. The van der Waals surface area contributed by atoms with Crippen molar-refractivity contribution in [1.82, 2.24) is 5.32 Å². The molecule has 0 aliphatic heterocycles. The minimum Gasteiger partial charge on any atom is -0.469 e. The summed E-state index contributed by atoms with van der Waals surface area (Å²) < 4.78 is 5.52. The summed E-state index contributed by atoms with van der Waals surface area (Å²) in [4.78, 5) is 1.40. The molecule has 0 bridgehead atoms. The first-order chi connectivity index (χ1) is 8.34. The molecule has 2 nitrogen and oxygen atoms in total. The van der Waals surface area contributed by atoms with E-state index < -0.39 is 0 Å². The molecule has 0 amide bonds. The lowest BCUT2D eigenvalue weighted by Gasteiger charge is -2.26. The Morgan fingerprint density at radius 2 is 2.41 bits per heavy atom. The van der Waals surface area contributed by atoms with Crippen molar-refractivity contribution in [2.45, 2.75) is 38.3 Å². The summed E-state index contributed by atoms with van der Waals surface area (Å²) in [5.41, 5.74) is 1.36. The fourth-order valence-corrected chi connectivity index (χ4v) is 3.32. The zero-order valence-corrected chi connectivity index (χ0v) is 10.8. The number of nitrogens with one attached hydrogen (secondary N) is 1. The summed E-state index contributed by atoms with van der Waals surface area (Å²) in [6, 6.07) is 7.30. The van der Waals surface area contributed by atoms with Crippen LogP contribution in [0.15, 0.2) is 34.3 Å². The van der Waals surface area contributed by atoms with E-state index >= 15 is 0 Å². The highest BCUT2D eigenvalue weighted by Gasteiger charge is 2.24. The average molecular weight is 247 g/mol. The number of rotatable bonds is 3. The summed E-state index contributed by atoms with van der Waals surface area (Å²) >= 11 is 1.82. The Morgan fingerprint density at radius 3 is 3.24 bits per heavy atom. The third-order valence-electron chi connectivity index (χ3n) is 3.47. The van der Waals surface area contributed by atoms with Crippen LogP contribution in [0, 0.1) is 0 Å². The maximum atomic E-state index is 5.52. The van der Waals surface area contributed by atoms with Gasteiger partial charge in [0.2, 0.25) is 0 Å². The molecule has 2 aromatic heterocycles. The van der Waals surface area contributed by atoms with Crippen LogP contribution in [-0.2, 0) is 6.42 Å². The molecule has 0 radical (unpaired) electrons. The minimum absolute atomic E-state index is 0.417. The van der Waals surface area contributed by atoms with Gasteiger partial charge < -0.3 is 9.73 Å². The van der Waals surface area contributed by atoms with Crippen molar-refractivity contribution in [1.29, 1.82) is 0 Å². The van der Waals surface area contributed by atoms with Gasteiger partial charge in [0.05, 0.1) is 6.26 Å². The van der Waals surface area contributed by atoms with Crippen LogP contribution in [0.1, 0.15) is 48.0 Å². The van der Waals surface area contributed by atoms with Crippen LogP contribution in [0.4, 0.5) is 0 Å². The fourth-order valence-electron chi connectivity index (χ4n) is 2.58. The molecule has 0 saturated heterocycles. The average Bonchev–Trinajstić information content (AvgIpc) is 3.00. The molecule has 90 valence electrons. The molecule has 1 aliphatic rings. The van der Waals surface area contributed by atoms with Crippen LogP contribution >= 0.6 is 11.3 Å². The molecule has 0 spiro atoms. The Hall–Kier alpha value is -1.06. The highest BCUT2D eigenvalue weighted by Crippen LogP contribution is 2.32. The first kappa shape index (κ1) is 11.1. The second-order valence-corrected chi connectivity index (χ2v) is 5.63. The van der Waals surface area contributed by atoms with Gasteiger partial charge in [-0.15, -0.1) is 11.3 Å². The predicted octanol–water partition coefficient (Wildman–Crippen LogP) is 4.07. The van der Waals surface area contributed by atoms with Gasteiger partial charge in [-0.25, -0.2) is 0 Å². The van der Waals surface area contributed by atoms with Gasteiger partial charge >= 0.3 is 0 Å². The van der Waals surface area contributed by atoms with Crippen LogP contribution in [0.2, 0.25) is 0 Å². The topological polar surface area (TPSA) is 25.2 Å². The quantitative estimate of drug-likeness (QED) is 0.884. The molecule has 1 aliphatic carbocycles. The third kappa shape index (κ3) is 2.17. The Morgan fingerprint density at radius 1 is 1.47 bits per heavy atom. The van der Waals surface area contributed by atoms with Crippen molar-refractivity contribution < 1.29 is 4.42 Å². The lowest BCUT2D eigenvalue weighted by atomic mass is 9.93. The second-order valence-electron chi connectivity index (χ2n) is 4.65. The highest BCUT2D eigenvalue weighted by atomic mass is 32.1. The number of furan rings is 1. The molecule has 3 rings (SSSR count). The van der Waals surface area contributed by atoms with Gasteiger partial charge in [0.15, 0.2) is 0 Å². The van der Waals surface area contributed by atoms with Crippen molar-refractivity contribution in [2.75, 3.05) is 0 Å². The summed E-state index contributed by atoms with van der Waals surface area (Å²) in [5, 5.41) is 5.85. The van der Waals surface area contributed by atoms with E-state index in [2.05, 4.69) is 35.8 Å². The van der Waals surface area contributed by atoms with E-state index in [1.165, 1.54) is 29.0 Å². The van der Waals surface area contributed by atoms with Crippen molar-refractivity contribution in [3.63, 3.8) is 0 Å². The smallest absolute Gasteiger partial charge is 0.108 e. The molecule has 0 saturated carbocycles. The van der Waals surface area contributed by atoms with Gasteiger partial charge in [0.25, 0.3) is 0 Å². The molecular formula is C14H17NOS. The normalized spacial score (nSPS) is 21.1. The van der Waals surface area contributed by atoms with Gasteiger partial charge in [-0.3, -0.25) is 0 Å². The molecule has 2 heterocycles. The standard InChI is InChI=1S/C14H17NOS/c1-10(14-6-3-9-17-14)15-12-4-2-5-13-11(12)7-8-16-13/h3,6-10,12,15H,2,4-5H2,1H3. The Kier molecular flexibility index (Phi) is 3.04. The van der Waals surface area contributed by atoms with Gasteiger partial charge in [-0.05, 0) is 37.3 Å². The number of hydrogen-bond acceptors (Lipinski definition) is 3. The van der Waals surface area contributed by atoms with Gasteiger partial charge in [0, 0.05) is 28.9 Å². The van der Waals surface area contributed by atoms with E-state index in [0.29, 0.717) is 12.1 Å². The summed E-state index contributed by atoms with van der Waals surface area (Å²) in [6.07, 6.45) is 5.34. The zero-order chi connectivity index (χ0) is 11.7. The lowest BCUT2D eigenvalue weighted by molar-refractivity contribution is 0.387. The van der Waals surface area contributed by atoms with Crippen molar-refractivity contribution in [3.8, 4) is 0 Å². The van der Waals surface area contributed by atoms with E-state index in [0.717, 1.165) is 6.42 Å². The maximum Gasteiger partial charge on any atom is 0.108 e. The molecular weight excluding hydrogens is 230 g/mol. The molecule has 1 N–H and O–H groups in total. The monoisotopic (exact) mass is 247 g/mol.